The molecule has 2 aromatic heterocycles. The molecule has 0 unspecified atom stereocenters. The zero-order valence-electron chi connectivity index (χ0n) is 28.7. The van der Waals surface area contributed by atoms with Crippen molar-refractivity contribution in [2.75, 3.05) is 11.4 Å². The minimum Gasteiger partial charge on any atom is -0.459 e. The lowest BCUT2D eigenvalue weighted by Gasteiger charge is -2.28. The molecule has 11 heteroatoms. The SMILES string of the molecule is CCCCC1(c2ccc(CN(Cc3cccc(N(CC(=O)OC(C)(C)C)C(=O)OC(C)(C)C)n3)S(=O)(=O)c3ccncc3)cc2)CC1. The third-order valence-corrected chi connectivity index (χ3v) is 9.61. The van der Waals surface area contributed by atoms with Crippen molar-refractivity contribution < 1.29 is 27.5 Å². The molecule has 0 aliphatic heterocycles. The van der Waals surface area contributed by atoms with Gasteiger partial charge in [0.25, 0.3) is 0 Å². The van der Waals surface area contributed by atoms with Crippen LogP contribution in [-0.2, 0) is 42.8 Å². The highest BCUT2D eigenvalue weighted by Gasteiger charge is 2.43. The highest BCUT2D eigenvalue weighted by molar-refractivity contribution is 7.89. The Hall–Kier alpha value is -3.83. The van der Waals surface area contributed by atoms with Gasteiger partial charge in [-0.15, -0.1) is 0 Å². The summed E-state index contributed by atoms with van der Waals surface area (Å²) in [5.74, 6) is -0.501. The third kappa shape index (κ3) is 10.1. The molecule has 1 saturated carbocycles. The molecule has 47 heavy (non-hydrogen) atoms. The van der Waals surface area contributed by atoms with E-state index in [2.05, 4.69) is 29.0 Å². The molecule has 1 fully saturated rings. The molecule has 0 atom stereocenters. The molecular formula is C36H48N4O6S. The van der Waals surface area contributed by atoms with Gasteiger partial charge >= 0.3 is 12.1 Å². The monoisotopic (exact) mass is 664 g/mol. The predicted octanol–water partition coefficient (Wildman–Crippen LogP) is 7.17. The zero-order valence-corrected chi connectivity index (χ0v) is 29.5. The Morgan fingerprint density at radius 1 is 0.872 bits per heavy atom. The second-order valence-electron chi connectivity index (χ2n) is 14.2. The Labute approximate surface area is 279 Å². The van der Waals surface area contributed by atoms with Gasteiger partial charge < -0.3 is 9.47 Å². The maximum Gasteiger partial charge on any atom is 0.416 e. The number of ether oxygens (including phenoxy) is 2. The summed E-state index contributed by atoms with van der Waals surface area (Å²) < 4.78 is 40.4. The number of esters is 1. The summed E-state index contributed by atoms with van der Waals surface area (Å²) >= 11 is 0. The molecular weight excluding hydrogens is 616 g/mol. The van der Waals surface area contributed by atoms with Crippen molar-refractivity contribution in [2.45, 2.75) is 115 Å². The van der Waals surface area contributed by atoms with E-state index in [0.717, 1.165) is 16.9 Å². The molecule has 1 aromatic carbocycles. The quantitative estimate of drug-likeness (QED) is 0.177. The Morgan fingerprint density at radius 3 is 2.09 bits per heavy atom. The number of anilines is 1. The van der Waals surface area contributed by atoms with Gasteiger partial charge in [0, 0.05) is 18.9 Å². The van der Waals surface area contributed by atoms with Crippen LogP contribution in [0, 0.1) is 0 Å². The summed E-state index contributed by atoms with van der Waals surface area (Å²) in [6.45, 7) is 12.2. The van der Waals surface area contributed by atoms with Crippen LogP contribution in [0.3, 0.4) is 0 Å². The number of carbonyl (C=O) groups excluding carboxylic acids is 2. The van der Waals surface area contributed by atoms with Gasteiger partial charge in [0.1, 0.15) is 23.6 Å². The van der Waals surface area contributed by atoms with Crippen molar-refractivity contribution in [3.8, 4) is 0 Å². The predicted molar refractivity (Wildman–Crippen MR) is 181 cm³/mol. The van der Waals surface area contributed by atoms with Gasteiger partial charge in [-0.05, 0) is 102 Å². The van der Waals surface area contributed by atoms with E-state index in [0.29, 0.717) is 5.69 Å². The number of sulfonamides is 1. The third-order valence-electron chi connectivity index (χ3n) is 7.80. The molecule has 0 saturated heterocycles. The molecule has 254 valence electrons. The Balaban J connectivity index is 1.64. The lowest BCUT2D eigenvalue weighted by atomic mass is 9.90. The molecule has 1 aliphatic carbocycles. The average Bonchev–Trinajstić information content (AvgIpc) is 3.79. The Kier molecular flexibility index (Phi) is 11.1. The number of benzene rings is 1. The van der Waals surface area contributed by atoms with Gasteiger partial charge in [-0.1, -0.05) is 50.1 Å². The van der Waals surface area contributed by atoms with Crippen LogP contribution in [0.25, 0.3) is 0 Å². The number of hydrogen-bond acceptors (Lipinski definition) is 8. The minimum absolute atomic E-state index is 0.0880. The summed E-state index contributed by atoms with van der Waals surface area (Å²) in [5.41, 5.74) is 1.18. The first-order valence-corrected chi connectivity index (χ1v) is 17.6. The molecule has 1 amide bonds. The summed E-state index contributed by atoms with van der Waals surface area (Å²) in [6.07, 6.45) is 8.00. The van der Waals surface area contributed by atoms with Gasteiger partial charge in [-0.3, -0.25) is 14.7 Å². The molecule has 3 aromatic rings. The molecule has 0 radical (unpaired) electrons. The largest absolute Gasteiger partial charge is 0.459 e. The number of rotatable bonds is 13. The number of hydrogen-bond donors (Lipinski definition) is 0. The molecule has 0 N–H and O–H groups in total. The van der Waals surface area contributed by atoms with Crippen LogP contribution in [0.1, 0.15) is 97.4 Å². The van der Waals surface area contributed by atoms with E-state index in [9.17, 15) is 18.0 Å². The van der Waals surface area contributed by atoms with Crippen molar-refractivity contribution in [3.05, 3.63) is 83.8 Å². The van der Waals surface area contributed by atoms with Crippen LogP contribution in [0.4, 0.5) is 10.6 Å². The lowest BCUT2D eigenvalue weighted by Crippen LogP contribution is -2.42. The topological polar surface area (TPSA) is 119 Å². The standard InChI is InChI=1S/C36H48N4O6S/c1-8-9-19-36(20-21-36)28-15-13-27(14-16-28)24-39(47(43,44)30-17-22-37-23-18-30)25-29-11-10-12-31(38-29)40(33(42)46-35(5,6)7)26-32(41)45-34(2,3)4/h10-18,22-23H,8-9,19-21,24-26H2,1-7H3. The number of pyridine rings is 2. The number of carbonyl (C=O) groups is 2. The highest BCUT2D eigenvalue weighted by Crippen LogP contribution is 2.52. The highest BCUT2D eigenvalue weighted by atomic mass is 32.2. The second-order valence-corrected chi connectivity index (χ2v) is 16.1. The van der Waals surface area contributed by atoms with Crippen molar-refractivity contribution in [1.82, 2.24) is 14.3 Å². The van der Waals surface area contributed by atoms with E-state index in [-0.39, 0.29) is 29.2 Å². The smallest absolute Gasteiger partial charge is 0.416 e. The lowest BCUT2D eigenvalue weighted by molar-refractivity contribution is -0.153. The van der Waals surface area contributed by atoms with Crippen molar-refractivity contribution >= 4 is 27.9 Å². The molecule has 2 heterocycles. The van der Waals surface area contributed by atoms with Crippen LogP contribution in [0.15, 0.2) is 71.9 Å². The van der Waals surface area contributed by atoms with Crippen LogP contribution in [0.2, 0.25) is 0 Å². The Morgan fingerprint density at radius 2 is 1.51 bits per heavy atom. The first kappa shape index (κ1) is 36.0. The molecule has 0 spiro atoms. The van der Waals surface area contributed by atoms with Crippen LogP contribution < -0.4 is 4.90 Å². The summed E-state index contributed by atoms with van der Waals surface area (Å²) in [7, 11) is -3.97. The maximum absolute atomic E-state index is 14.0. The van der Waals surface area contributed by atoms with E-state index in [4.69, 9.17) is 9.47 Å². The minimum atomic E-state index is -3.97. The van der Waals surface area contributed by atoms with Gasteiger partial charge in [-0.25, -0.2) is 18.2 Å². The fourth-order valence-electron chi connectivity index (χ4n) is 5.35. The Bertz CT molecular complexity index is 1630. The fraction of sp³-hybridized carbons (Fsp3) is 0.500. The first-order valence-electron chi connectivity index (χ1n) is 16.2. The second kappa shape index (κ2) is 14.5. The number of nitrogens with zero attached hydrogens (tertiary/aromatic N) is 4. The van der Waals surface area contributed by atoms with E-state index >= 15 is 0 Å². The molecule has 10 nitrogen and oxygen atoms in total. The number of unbranched alkanes of at least 4 members (excludes halogenated alkanes) is 1. The van der Waals surface area contributed by atoms with Gasteiger partial charge in [0.15, 0.2) is 0 Å². The van der Waals surface area contributed by atoms with Crippen molar-refractivity contribution in [2.24, 2.45) is 0 Å². The van der Waals surface area contributed by atoms with E-state index in [1.54, 1.807) is 59.7 Å². The molecule has 4 rings (SSSR count). The first-order chi connectivity index (χ1) is 22.0. The van der Waals surface area contributed by atoms with Crippen molar-refractivity contribution in [3.63, 3.8) is 0 Å². The van der Waals surface area contributed by atoms with Crippen LogP contribution >= 0.6 is 0 Å². The maximum atomic E-state index is 14.0. The molecule has 1 aliphatic rings. The van der Waals surface area contributed by atoms with Crippen molar-refractivity contribution in [1.29, 1.82) is 0 Å². The summed E-state index contributed by atoms with van der Waals surface area (Å²) in [5, 5.41) is 0. The number of amides is 1. The molecule has 0 bridgehead atoms. The van der Waals surface area contributed by atoms with Crippen LogP contribution in [-0.4, -0.2) is 52.5 Å². The summed E-state index contributed by atoms with van der Waals surface area (Å²) in [4.78, 5) is 35.9. The van der Waals surface area contributed by atoms with Gasteiger partial charge in [-0.2, -0.15) is 4.31 Å². The summed E-state index contributed by atoms with van der Waals surface area (Å²) in [6, 6.07) is 16.1. The number of aromatic nitrogens is 2. The van der Waals surface area contributed by atoms with Gasteiger partial charge in [0.05, 0.1) is 17.1 Å². The average molecular weight is 665 g/mol. The fourth-order valence-corrected chi connectivity index (χ4v) is 6.73. The van der Waals surface area contributed by atoms with Gasteiger partial charge in [0.2, 0.25) is 10.0 Å². The zero-order chi connectivity index (χ0) is 34.5. The van der Waals surface area contributed by atoms with E-state index in [1.165, 1.54) is 60.1 Å². The van der Waals surface area contributed by atoms with E-state index in [1.807, 2.05) is 12.1 Å². The van der Waals surface area contributed by atoms with E-state index < -0.39 is 39.8 Å². The normalized spacial score (nSPS) is 14.5. The van der Waals surface area contributed by atoms with Crippen LogP contribution in [0.5, 0.6) is 0 Å².